The maximum atomic E-state index is 12.7. The molecule has 0 bridgehead atoms. The summed E-state index contributed by atoms with van der Waals surface area (Å²) >= 11 is 11.4. The maximum absolute atomic E-state index is 12.7. The minimum Gasteiger partial charge on any atom is -0.480 e. The summed E-state index contributed by atoms with van der Waals surface area (Å²) in [6, 6.07) is 0.315. The molecule has 10 heteroatoms. The number of aliphatic carboxylic acids is 1. The number of thiophene rings is 1. The molecule has 2 heterocycles. The van der Waals surface area contributed by atoms with Crippen molar-refractivity contribution < 1.29 is 18.3 Å². The van der Waals surface area contributed by atoms with Crippen molar-refractivity contribution in [2.45, 2.75) is 29.0 Å². The Hall–Kier alpha value is 0.200. The second kappa shape index (κ2) is 6.13. The van der Waals surface area contributed by atoms with Gasteiger partial charge in [-0.15, -0.1) is 23.1 Å². The largest absolute Gasteiger partial charge is 0.480 e. The fourth-order valence-electron chi connectivity index (χ4n) is 1.91. The van der Waals surface area contributed by atoms with Gasteiger partial charge >= 0.3 is 5.97 Å². The van der Waals surface area contributed by atoms with Gasteiger partial charge in [-0.2, -0.15) is 4.31 Å². The minimum atomic E-state index is -3.86. The fourth-order valence-corrected chi connectivity index (χ4v) is 7.95. The van der Waals surface area contributed by atoms with Crippen molar-refractivity contribution in [3.63, 3.8) is 0 Å². The Balaban J connectivity index is 2.47. The summed E-state index contributed by atoms with van der Waals surface area (Å²) < 4.78 is 27.0. The van der Waals surface area contributed by atoms with Crippen LogP contribution in [0, 0.1) is 0 Å². The van der Waals surface area contributed by atoms with E-state index < -0.39 is 22.0 Å². The number of carboxylic acids is 1. The zero-order valence-electron chi connectivity index (χ0n) is 10.2. The molecular formula is C10H11BrClNO4S3. The molecule has 1 aromatic heterocycles. The van der Waals surface area contributed by atoms with E-state index in [1.165, 1.54) is 17.8 Å². The molecule has 2 atom stereocenters. The lowest BCUT2D eigenvalue weighted by Crippen LogP contribution is -2.45. The molecule has 0 amide bonds. The van der Waals surface area contributed by atoms with Crippen LogP contribution in [0.3, 0.4) is 0 Å². The van der Waals surface area contributed by atoms with E-state index in [2.05, 4.69) is 15.9 Å². The number of sulfonamides is 1. The van der Waals surface area contributed by atoms with Gasteiger partial charge in [0.2, 0.25) is 0 Å². The van der Waals surface area contributed by atoms with E-state index in [1.807, 2.05) is 6.92 Å². The van der Waals surface area contributed by atoms with Crippen molar-refractivity contribution in [3.8, 4) is 0 Å². The van der Waals surface area contributed by atoms with Gasteiger partial charge in [0, 0.05) is 5.75 Å². The van der Waals surface area contributed by atoms with Crippen molar-refractivity contribution >= 4 is 66.6 Å². The highest BCUT2D eigenvalue weighted by Gasteiger charge is 2.46. The first-order valence-electron chi connectivity index (χ1n) is 5.61. The van der Waals surface area contributed by atoms with Crippen LogP contribution in [0.2, 0.25) is 5.02 Å². The zero-order valence-corrected chi connectivity index (χ0v) is 15.0. The van der Waals surface area contributed by atoms with Crippen LogP contribution in [0.1, 0.15) is 13.3 Å². The third kappa shape index (κ3) is 2.89. The predicted octanol–water partition coefficient (Wildman–Crippen LogP) is 3.09. The highest BCUT2D eigenvalue weighted by Crippen LogP contribution is 2.41. The summed E-state index contributed by atoms with van der Waals surface area (Å²) in [5, 5.41) is 9.16. The Morgan fingerprint density at radius 1 is 1.65 bits per heavy atom. The summed E-state index contributed by atoms with van der Waals surface area (Å²) in [6.45, 7) is 1.84. The summed E-state index contributed by atoms with van der Waals surface area (Å²) in [5.41, 5.74) is 0. The number of halogens is 2. The average Bonchev–Trinajstić information content (AvgIpc) is 2.94. The first-order valence-corrected chi connectivity index (χ1v) is 10.1. The molecule has 1 aliphatic rings. The van der Waals surface area contributed by atoms with Crippen LogP contribution in [-0.4, -0.2) is 41.0 Å². The van der Waals surface area contributed by atoms with Crippen molar-refractivity contribution in [2.24, 2.45) is 0 Å². The molecule has 2 rings (SSSR count). The Bertz CT molecular complexity index is 613. The normalized spacial score (nSPS) is 24.1. The smallest absolute Gasteiger partial charge is 0.322 e. The molecule has 0 aromatic carbocycles. The SMILES string of the molecule is CCC1SCC(C(=O)O)N1S(=O)(=O)c1cc(Cl)c(Br)s1. The van der Waals surface area contributed by atoms with Gasteiger partial charge in [-0.25, -0.2) is 8.42 Å². The number of hydrogen-bond acceptors (Lipinski definition) is 5. The Morgan fingerprint density at radius 3 is 2.75 bits per heavy atom. The monoisotopic (exact) mass is 419 g/mol. The van der Waals surface area contributed by atoms with Crippen LogP contribution in [0.25, 0.3) is 0 Å². The van der Waals surface area contributed by atoms with Crippen molar-refractivity contribution in [2.75, 3.05) is 5.75 Å². The molecule has 2 unspecified atom stereocenters. The molecule has 0 saturated carbocycles. The zero-order chi connectivity index (χ0) is 15.1. The predicted molar refractivity (Wildman–Crippen MR) is 84.0 cm³/mol. The molecule has 20 heavy (non-hydrogen) atoms. The lowest BCUT2D eigenvalue weighted by molar-refractivity contribution is -0.140. The van der Waals surface area contributed by atoms with Crippen LogP contribution in [-0.2, 0) is 14.8 Å². The molecule has 1 fully saturated rings. The van der Waals surface area contributed by atoms with E-state index in [0.29, 0.717) is 15.2 Å². The van der Waals surface area contributed by atoms with Gasteiger partial charge in [0.05, 0.1) is 14.2 Å². The topological polar surface area (TPSA) is 74.7 Å². The number of hydrogen-bond donors (Lipinski definition) is 1. The quantitative estimate of drug-likeness (QED) is 0.810. The van der Waals surface area contributed by atoms with Crippen LogP contribution in [0.4, 0.5) is 0 Å². The molecule has 1 N–H and O–H groups in total. The van der Waals surface area contributed by atoms with Crippen LogP contribution < -0.4 is 0 Å². The lowest BCUT2D eigenvalue weighted by atomic mass is 10.3. The third-order valence-electron chi connectivity index (χ3n) is 2.83. The van der Waals surface area contributed by atoms with E-state index in [1.54, 1.807) is 0 Å². The fraction of sp³-hybridized carbons (Fsp3) is 0.500. The third-order valence-corrected chi connectivity index (χ3v) is 9.25. The van der Waals surface area contributed by atoms with Gasteiger partial charge in [0.15, 0.2) is 0 Å². The number of rotatable bonds is 4. The highest BCUT2D eigenvalue weighted by atomic mass is 79.9. The molecule has 5 nitrogen and oxygen atoms in total. The Morgan fingerprint density at radius 2 is 2.30 bits per heavy atom. The van der Waals surface area contributed by atoms with E-state index in [-0.39, 0.29) is 15.3 Å². The summed E-state index contributed by atoms with van der Waals surface area (Å²) in [5.74, 6) is -0.869. The maximum Gasteiger partial charge on any atom is 0.322 e. The molecule has 0 spiro atoms. The number of thioether (sulfide) groups is 1. The molecule has 0 radical (unpaired) electrons. The van der Waals surface area contributed by atoms with Gasteiger partial charge in [-0.1, -0.05) is 18.5 Å². The molecule has 1 aromatic rings. The van der Waals surface area contributed by atoms with E-state index in [0.717, 1.165) is 15.6 Å². The van der Waals surface area contributed by atoms with Gasteiger partial charge in [0.1, 0.15) is 10.3 Å². The van der Waals surface area contributed by atoms with Crippen molar-refractivity contribution in [1.29, 1.82) is 0 Å². The second-order valence-electron chi connectivity index (χ2n) is 4.07. The molecule has 1 saturated heterocycles. The van der Waals surface area contributed by atoms with E-state index in [9.17, 15) is 18.3 Å². The van der Waals surface area contributed by atoms with Crippen LogP contribution in [0.5, 0.6) is 0 Å². The number of carboxylic acid groups (broad SMARTS) is 1. The lowest BCUT2D eigenvalue weighted by Gasteiger charge is -2.24. The molecular weight excluding hydrogens is 410 g/mol. The summed E-state index contributed by atoms with van der Waals surface area (Å²) in [7, 11) is -3.86. The van der Waals surface area contributed by atoms with Gasteiger partial charge in [0.25, 0.3) is 10.0 Å². The second-order valence-corrected chi connectivity index (χ2v) is 10.1. The van der Waals surface area contributed by atoms with Crippen LogP contribution in [0.15, 0.2) is 14.1 Å². The summed E-state index contributed by atoms with van der Waals surface area (Å²) in [6.07, 6.45) is 0.550. The van der Waals surface area contributed by atoms with Gasteiger partial charge in [-0.05, 0) is 28.4 Å². The first kappa shape index (κ1) is 16.6. The van der Waals surface area contributed by atoms with Crippen LogP contribution >= 0.6 is 50.6 Å². The molecule has 1 aliphatic heterocycles. The summed E-state index contributed by atoms with van der Waals surface area (Å²) in [4.78, 5) is 11.3. The van der Waals surface area contributed by atoms with Crippen molar-refractivity contribution in [1.82, 2.24) is 4.31 Å². The number of nitrogens with zero attached hydrogens (tertiary/aromatic N) is 1. The Labute approximate surface area is 138 Å². The first-order chi connectivity index (χ1) is 9.28. The molecule has 0 aliphatic carbocycles. The van der Waals surface area contributed by atoms with E-state index >= 15 is 0 Å². The molecule has 112 valence electrons. The van der Waals surface area contributed by atoms with Crippen molar-refractivity contribution in [3.05, 3.63) is 14.9 Å². The van der Waals surface area contributed by atoms with Gasteiger partial charge in [-0.3, -0.25) is 4.79 Å². The average molecular weight is 421 g/mol. The minimum absolute atomic E-state index is 0.0570. The standard InChI is InChI=1S/C10H11BrClNO4S3/c1-2-7-13(6(4-18-7)10(14)15)20(16,17)8-3-5(12)9(11)19-8/h3,6-7H,2,4H2,1H3,(H,14,15). The van der Waals surface area contributed by atoms with E-state index in [4.69, 9.17) is 11.6 Å². The Kier molecular flexibility index (Phi) is 5.08. The highest BCUT2D eigenvalue weighted by molar-refractivity contribution is 9.11. The number of carbonyl (C=O) groups is 1. The van der Waals surface area contributed by atoms with Gasteiger partial charge < -0.3 is 5.11 Å².